The first-order valence-electron chi connectivity index (χ1n) is 3.54. The molecular formula is C7H16S2. The molecule has 0 aliphatic carbocycles. The van der Waals surface area contributed by atoms with Gasteiger partial charge in [-0.3, -0.25) is 0 Å². The smallest absolute Gasteiger partial charge is 0.0148 e. The summed E-state index contributed by atoms with van der Waals surface area (Å²) in [4.78, 5) is 0. The van der Waals surface area contributed by atoms with Gasteiger partial charge in [-0.2, -0.15) is 0 Å². The standard InChI is InChI=1S/C7H16S2/c1-4-6-7(5-2)9-8-3/h7H,4-6H2,1-3H3. The van der Waals surface area contributed by atoms with Crippen LogP contribution in [0.1, 0.15) is 33.1 Å². The van der Waals surface area contributed by atoms with E-state index in [1.54, 1.807) is 0 Å². The fraction of sp³-hybridized carbons (Fsp3) is 1.00. The fourth-order valence-electron chi connectivity index (χ4n) is 0.778. The highest BCUT2D eigenvalue weighted by molar-refractivity contribution is 8.76. The highest BCUT2D eigenvalue weighted by Gasteiger charge is 2.02. The van der Waals surface area contributed by atoms with Crippen molar-refractivity contribution in [2.24, 2.45) is 0 Å². The van der Waals surface area contributed by atoms with Gasteiger partial charge in [0.15, 0.2) is 0 Å². The topological polar surface area (TPSA) is 0 Å². The van der Waals surface area contributed by atoms with Crippen LogP contribution >= 0.6 is 21.6 Å². The first-order chi connectivity index (χ1) is 4.35. The highest BCUT2D eigenvalue weighted by Crippen LogP contribution is 2.28. The van der Waals surface area contributed by atoms with E-state index >= 15 is 0 Å². The normalized spacial score (nSPS) is 13.7. The lowest BCUT2D eigenvalue weighted by atomic mass is 10.2. The Morgan fingerprint density at radius 1 is 1.33 bits per heavy atom. The van der Waals surface area contributed by atoms with Crippen molar-refractivity contribution in [3.8, 4) is 0 Å². The Morgan fingerprint density at radius 3 is 2.33 bits per heavy atom. The van der Waals surface area contributed by atoms with Crippen LogP contribution in [0, 0.1) is 0 Å². The summed E-state index contributed by atoms with van der Waals surface area (Å²) in [6.45, 7) is 4.52. The molecule has 9 heavy (non-hydrogen) atoms. The molecule has 0 fully saturated rings. The van der Waals surface area contributed by atoms with E-state index in [9.17, 15) is 0 Å². The molecule has 1 atom stereocenters. The molecule has 0 aliphatic rings. The molecule has 0 aromatic heterocycles. The minimum Gasteiger partial charge on any atom is -0.0973 e. The Labute approximate surface area is 66.6 Å². The van der Waals surface area contributed by atoms with Gasteiger partial charge in [0.05, 0.1) is 0 Å². The van der Waals surface area contributed by atoms with Crippen molar-refractivity contribution < 1.29 is 0 Å². The number of hydrogen-bond acceptors (Lipinski definition) is 2. The summed E-state index contributed by atoms with van der Waals surface area (Å²) in [6, 6.07) is 0. The average Bonchev–Trinajstić information content (AvgIpc) is 1.88. The van der Waals surface area contributed by atoms with Crippen LogP contribution in [0.4, 0.5) is 0 Å². The molecule has 0 saturated carbocycles. The van der Waals surface area contributed by atoms with Crippen molar-refractivity contribution in [1.29, 1.82) is 0 Å². The summed E-state index contributed by atoms with van der Waals surface area (Å²) < 4.78 is 0. The predicted octanol–water partition coefficient (Wildman–Crippen LogP) is 3.58. The second-order valence-electron chi connectivity index (χ2n) is 2.08. The molecule has 0 amide bonds. The minimum atomic E-state index is 0.894. The van der Waals surface area contributed by atoms with Crippen molar-refractivity contribution in [2.75, 3.05) is 6.26 Å². The van der Waals surface area contributed by atoms with Crippen LogP contribution in [-0.2, 0) is 0 Å². The largest absolute Gasteiger partial charge is 0.0973 e. The van der Waals surface area contributed by atoms with Crippen molar-refractivity contribution in [2.45, 2.75) is 38.4 Å². The lowest BCUT2D eigenvalue weighted by molar-refractivity contribution is 0.723. The Kier molecular flexibility index (Phi) is 7.34. The predicted molar refractivity (Wildman–Crippen MR) is 50.1 cm³/mol. The van der Waals surface area contributed by atoms with E-state index in [1.165, 1.54) is 19.3 Å². The van der Waals surface area contributed by atoms with Gasteiger partial charge in [0.25, 0.3) is 0 Å². The van der Waals surface area contributed by atoms with Crippen LogP contribution in [0.3, 0.4) is 0 Å². The van der Waals surface area contributed by atoms with Gasteiger partial charge in [0.1, 0.15) is 0 Å². The van der Waals surface area contributed by atoms with Gasteiger partial charge in [-0.1, -0.05) is 41.9 Å². The van der Waals surface area contributed by atoms with Gasteiger partial charge in [-0.15, -0.1) is 0 Å². The second-order valence-corrected chi connectivity index (χ2v) is 4.85. The van der Waals surface area contributed by atoms with E-state index in [2.05, 4.69) is 20.1 Å². The van der Waals surface area contributed by atoms with E-state index in [0.717, 1.165) is 5.25 Å². The van der Waals surface area contributed by atoms with E-state index in [-0.39, 0.29) is 0 Å². The molecular weight excluding hydrogens is 148 g/mol. The zero-order valence-electron chi connectivity index (χ0n) is 6.52. The molecule has 0 rings (SSSR count). The summed E-state index contributed by atoms with van der Waals surface area (Å²) in [6.07, 6.45) is 6.18. The third kappa shape index (κ3) is 5.16. The summed E-state index contributed by atoms with van der Waals surface area (Å²) >= 11 is 0. The molecule has 0 bridgehead atoms. The van der Waals surface area contributed by atoms with Gasteiger partial charge in [-0.25, -0.2) is 0 Å². The molecule has 1 unspecified atom stereocenters. The third-order valence-corrected chi connectivity index (χ3v) is 3.73. The van der Waals surface area contributed by atoms with Crippen molar-refractivity contribution >= 4 is 21.6 Å². The quantitative estimate of drug-likeness (QED) is 0.570. The zero-order valence-corrected chi connectivity index (χ0v) is 8.15. The summed E-state index contributed by atoms with van der Waals surface area (Å²) in [5.74, 6) is 0. The summed E-state index contributed by atoms with van der Waals surface area (Å²) in [7, 11) is 3.91. The van der Waals surface area contributed by atoms with E-state index in [4.69, 9.17) is 0 Å². The Bertz CT molecular complexity index is 48.9. The van der Waals surface area contributed by atoms with Crippen molar-refractivity contribution in [1.82, 2.24) is 0 Å². The monoisotopic (exact) mass is 164 g/mol. The maximum atomic E-state index is 2.27. The SMILES string of the molecule is CCCC(CC)SSC. The van der Waals surface area contributed by atoms with Gasteiger partial charge in [0, 0.05) is 5.25 Å². The van der Waals surface area contributed by atoms with E-state index in [0.29, 0.717) is 0 Å². The molecule has 0 N–H and O–H groups in total. The molecule has 0 saturated heterocycles. The second kappa shape index (κ2) is 6.81. The van der Waals surface area contributed by atoms with Crippen LogP contribution in [0.25, 0.3) is 0 Å². The highest BCUT2D eigenvalue weighted by atomic mass is 33.1. The molecule has 0 radical (unpaired) electrons. The zero-order chi connectivity index (χ0) is 7.11. The average molecular weight is 164 g/mol. The van der Waals surface area contributed by atoms with Gasteiger partial charge < -0.3 is 0 Å². The van der Waals surface area contributed by atoms with Crippen molar-refractivity contribution in [3.05, 3.63) is 0 Å². The van der Waals surface area contributed by atoms with Crippen LogP contribution in [-0.4, -0.2) is 11.5 Å². The lowest BCUT2D eigenvalue weighted by Crippen LogP contribution is -1.96. The molecule has 0 nitrogen and oxygen atoms in total. The van der Waals surface area contributed by atoms with Crippen LogP contribution in [0.5, 0.6) is 0 Å². The maximum absolute atomic E-state index is 2.27. The molecule has 0 aromatic rings. The molecule has 0 heterocycles. The molecule has 0 aromatic carbocycles. The molecule has 0 spiro atoms. The van der Waals surface area contributed by atoms with Crippen LogP contribution in [0.2, 0.25) is 0 Å². The number of hydrogen-bond donors (Lipinski definition) is 0. The van der Waals surface area contributed by atoms with Crippen molar-refractivity contribution in [3.63, 3.8) is 0 Å². The van der Waals surface area contributed by atoms with Gasteiger partial charge in [-0.05, 0) is 19.1 Å². The van der Waals surface area contributed by atoms with E-state index in [1.807, 2.05) is 21.6 Å². The maximum Gasteiger partial charge on any atom is 0.0148 e. The first kappa shape index (κ1) is 9.70. The lowest BCUT2D eigenvalue weighted by Gasteiger charge is -2.09. The summed E-state index contributed by atoms with van der Waals surface area (Å²) in [5.41, 5.74) is 0. The number of rotatable bonds is 5. The Hall–Kier alpha value is 0.700. The van der Waals surface area contributed by atoms with Gasteiger partial charge in [0.2, 0.25) is 0 Å². The van der Waals surface area contributed by atoms with Gasteiger partial charge >= 0.3 is 0 Å². The first-order valence-corrected chi connectivity index (χ1v) is 6.16. The third-order valence-electron chi connectivity index (χ3n) is 1.30. The Morgan fingerprint density at radius 2 is 2.00 bits per heavy atom. The molecule has 2 heteroatoms. The Balaban J connectivity index is 3.18. The van der Waals surface area contributed by atoms with Crippen LogP contribution in [0.15, 0.2) is 0 Å². The summed E-state index contributed by atoms with van der Waals surface area (Å²) in [5, 5.41) is 0.894. The molecule has 56 valence electrons. The molecule has 0 aliphatic heterocycles. The minimum absolute atomic E-state index is 0.894. The fourth-order valence-corrected chi connectivity index (χ4v) is 3.03. The van der Waals surface area contributed by atoms with E-state index < -0.39 is 0 Å². The van der Waals surface area contributed by atoms with Crippen LogP contribution < -0.4 is 0 Å².